The Morgan fingerprint density at radius 1 is 1.09 bits per heavy atom. The van der Waals surface area contributed by atoms with E-state index in [1.54, 1.807) is 71.4 Å². The molecule has 9 heteroatoms. The van der Waals surface area contributed by atoms with Crippen molar-refractivity contribution in [1.82, 2.24) is 14.8 Å². The topological polar surface area (TPSA) is 113 Å². The number of ether oxygens (including phenoxy) is 1. The van der Waals surface area contributed by atoms with Crippen molar-refractivity contribution in [2.75, 3.05) is 19.0 Å². The molecule has 2 aromatic carbocycles. The highest BCUT2D eigenvalue weighted by Crippen LogP contribution is 2.23. The molecular weight excluding hydrogens is 412 g/mol. The van der Waals surface area contributed by atoms with E-state index in [9.17, 15) is 19.5 Å². The fourth-order valence-corrected chi connectivity index (χ4v) is 3.30. The first-order valence-electron chi connectivity index (χ1n) is 9.70. The number of hydrogen-bond acceptors (Lipinski definition) is 5. The molecule has 9 nitrogen and oxygen atoms in total. The Bertz CT molecular complexity index is 1210. The fraction of sp³-hybridized carbons (Fsp3) is 0.0870. The first-order chi connectivity index (χ1) is 15.5. The molecule has 0 radical (unpaired) electrons. The Labute approximate surface area is 183 Å². The lowest BCUT2D eigenvalue weighted by atomic mass is 10.2. The summed E-state index contributed by atoms with van der Waals surface area (Å²) >= 11 is 0. The minimum absolute atomic E-state index is 0.0545. The average Bonchev–Trinajstić information content (AvgIpc) is 3.35. The van der Waals surface area contributed by atoms with Gasteiger partial charge >= 0.3 is 6.03 Å². The molecule has 1 aliphatic rings. The van der Waals surface area contributed by atoms with Gasteiger partial charge in [-0.1, -0.05) is 12.1 Å². The highest BCUT2D eigenvalue weighted by molar-refractivity contribution is 6.16. The van der Waals surface area contributed by atoms with Crippen LogP contribution in [-0.4, -0.2) is 46.1 Å². The Morgan fingerprint density at radius 3 is 2.59 bits per heavy atom. The number of methoxy groups -OCH3 is 1. The first-order valence-corrected chi connectivity index (χ1v) is 9.70. The molecule has 0 saturated carbocycles. The van der Waals surface area contributed by atoms with E-state index in [4.69, 9.17) is 4.74 Å². The van der Waals surface area contributed by atoms with Crippen LogP contribution in [0.4, 0.5) is 10.5 Å². The predicted molar refractivity (Wildman–Crippen MR) is 117 cm³/mol. The maximum atomic E-state index is 12.8. The minimum atomic E-state index is -0.681. The number of phenolic OH excluding ortho intramolecular Hbond substituents is 1. The lowest BCUT2D eigenvalue weighted by Crippen LogP contribution is -2.38. The van der Waals surface area contributed by atoms with E-state index in [0.29, 0.717) is 17.1 Å². The van der Waals surface area contributed by atoms with Gasteiger partial charge in [0.25, 0.3) is 5.91 Å². The summed E-state index contributed by atoms with van der Waals surface area (Å²) in [5.41, 5.74) is 1.90. The normalized spacial score (nSPS) is 14.5. The van der Waals surface area contributed by atoms with Crippen LogP contribution in [0.3, 0.4) is 0 Å². The van der Waals surface area contributed by atoms with Gasteiger partial charge in [0.2, 0.25) is 5.91 Å². The van der Waals surface area contributed by atoms with Gasteiger partial charge in [0.15, 0.2) is 0 Å². The van der Waals surface area contributed by atoms with Crippen molar-refractivity contribution in [2.45, 2.75) is 0 Å². The van der Waals surface area contributed by atoms with E-state index in [1.807, 2.05) is 0 Å². The monoisotopic (exact) mass is 432 g/mol. The summed E-state index contributed by atoms with van der Waals surface area (Å²) in [7, 11) is 1.48. The molecule has 4 amide bonds. The molecule has 1 aliphatic heterocycles. The van der Waals surface area contributed by atoms with Gasteiger partial charge in [-0.25, -0.2) is 9.69 Å². The number of urea groups is 1. The minimum Gasteiger partial charge on any atom is -0.508 e. The zero-order chi connectivity index (χ0) is 22.7. The maximum absolute atomic E-state index is 12.8. The second-order valence-electron chi connectivity index (χ2n) is 6.95. The molecule has 3 aromatic rings. The van der Waals surface area contributed by atoms with E-state index in [-0.39, 0.29) is 11.4 Å². The van der Waals surface area contributed by atoms with Crippen molar-refractivity contribution >= 4 is 29.6 Å². The number of hydrogen-bond donors (Lipinski definition) is 3. The van der Waals surface area contributed by atoms with Crippen molar-refractivity contribution in [1.29, 1.82) is 0 Å². The van der Waals surface area contributed by atoms with Crippen LogP contribution >= 0.6 is 0 Å². The summed E-state index contributed by atoms with van der Waals surface area (Å²) in [5.74, 6) is -0.537. The van der Waals surface area contributed by atoms with Crippen molar-refractivity contribution in [3.05, 3.63) is 78.3 Å². The smallest absolute Gasteiger partial charge is 0.329 e. The molecule has 1 aromatic heterocycles. The molecule has 1 fully saturated rings. The Hall–Kier alpha value is -4.53. The number of amides is 4. The molecular formula is C23H20N4O5. The lowest BCUT2D eigenvalue weighted by Gasteiger charge is -2.13. The van der Waals surface area contributed by atoms with Crippen LogP contribution in [0, 0.1) is 0 Å². The third-order valence-electron chi connectivity index (χ3n) is 4.85. The SMILES string of the molecule is COc1ccccc1NC(=O)CN1C(=O)N/C(=C/c2cccn2-c2ccc(O)cc2)C1=O. The van der Waals surface area contributed by atoms with Gasteiger partial charge in [0.1, 0.15) is 23.7 Å². The Balaban J connectivity index is 1.50. The summed E-state index contributed by atoms with van der Waals surface area (Å²) in [5, 5.41) is 14.6. The number of carbonyl (C=O) groups excluding carboxylic acids is 3. The second-order valence-corrected chi connectivity index (χ2v) is 6.95. The number of anilines is 1. The number of benzene rings is 2. The van der Waals surface area contributed by atoms with Gasteiger partial charge in [0, 0.05) is 17.6 Å². The number of carbonyl (C=O) groups is 3. The predicted octanol–water partition coefficient (Wildman–Crippen LogP) is 2.72. The van der Waals surface area contributed by atoms with Crippen molar-refractivity contribution in [2.24, 2.45) is 0 Å². The van der Waals surface area contributed by atoms with Gasteiger partial charge in [-0.05, 0) is 54.6 Å². The number of rotatable bonds is 6. The van der Waals surface area contributed by atoms with Crippen LogP contribution in [0.15, 0.2) is 72.6 Å². The van der Waals surface area contributed by atoms with E-state index in [1.165, 1.54) is 13.2 Å². The molecule has 1 saturated heterocycles. The van der Waals surface area contributed by atoms with Gasteiger partial charge in [0.05, 0.1) is 12.8 Å². The maximum Gasteiger partial charge on any atom is 0.329 e. The number of aromatic nitrogens is 1. The van der Waals surface area contributed by atoms with Gasteiger partial charge in [-0.2, -0.15) is 0 Å². The van der Waals surface area contributed by atoms with Crippen LogP contribution in [0.25, 0.3) is 11.8 Å². The first kappa shape index (κ1) is 20.7. The molecule has 3 N–H and O–H groups in total. The molecule has 0 unspecified atom stereocenters. The average molecular weight is 432 g/mol. The van der Waals surface area contributed by atoms with Crippen LogP contribution < -0.4 is 15.4 Å². The standard InChI is InChI=1S/C23H20N4O5/c1-32-20-7-3-2-6-18(20)24-21(29)14-27-22(30)19(25-23(27)31)13-16-5-4-12-26(16)15-8-10-17(28)11-9-15/h2-13,28H,14H2,1H3,(H,24,29)(H,25,31)/b19-13+. The van der Waals surface area contributed by atoms with Crippen LogP contribution in [-0.2, 0) is 9.59 Å². The fourth-order valence-electron chi connectivity index (χ4n) is 3.30. The largest absolute Gasteiger partial charge is 0.508 e. The highest BCUT2D eigenvalue weighted by Gasteiger charge is 2.35. The lowest BCUT2D eigenvalue weighted by molar-refractivity contribution is -0.127. The van der Waals surface area contributed by atoms with Crippen molar-refractivity contribution in [3.63, 3.8) is 0 Å². The molecule has 0 bridgehead atoms. The van der Waals surface area contributed by atoms with E-state index in [0.717, 1.165) is 10.6 Å². The summed E-state index contributed by atoms with van der Waals surface area (Å²) in [6.45, 7) is -0.445. The van der Waals surface area contributed by atoms with E-state index >= 15 is 0 Å². The molecule has 32 heavy (non-hydrogen) atoms. The Kier molecular flexibility index (Phi) is 5.63. The number of nitrogens with zero attached hydrogens (tertiary/aromatic N) is 2. The summed E-state index contributed by atoms with van der Waals surface area (Å²) in [6.07, 6.45) is 3.32. The number of nitrogens with one attached hydrogen (secondary N) is 2. The van der Waals surface area contributed by atoms with Crippen LogP contribution in [0.5, 0.6) is 11.5 Å². The second kappa shape index (κ2) is 8.68. The third-order valence-corrected chi connectivity index (χ3v) is 4.85. The van der Waals surface area contributed by atoms with Gasteiger partial charge in [-0.3, -0.25) is 9.59 Å². The Morgan fingerprint density at radius 2 is 1.84 bits per heavy atom. The number of aromatic hydroxyl groups is 1. The molecule has 0 spiro atoms. The van der Waals surface area contributed by atoms with E-state index in [2.05, 4.69) is 10.6 Å². The third kappa shape index (κ3) is 4.17. The molecule has 0 aliphatic carbocycles. The zero-order valence-electron chi connectivity index (χ0n) is 17.1. The summed E-state index contributed by atoms with van der Waals surface area (Å²) in [4.78, 5) is 38.4. The summed E-state index contributed by atoms with van der Waals surface area (Å²) < 4.78 is 6.98. The molecule has 162 valence electrons. The zero-order valence-corrected chi connectivity index (χ0v) is 17.1. The molecule has 2 heterocycles. The number of imide groups is 1. The number of phenols is 1. The molecule has 0 atom stereocenters. The van der Waals surface area contributed by atoms with Gasteiger partial charge < -0.3 is 25.0 Å². The van der Waals surface area contributed by atoms with Crippen molar-refractivity contribution in [3.8, 4) is 17.2 Å². The van der Waals surface area contributed by atoms with Crippen LogP contribution in [0.2, 0.25) is 0 Å². The van der Waals surface area contributed by atoms with Gasteiger partial charge in [-0.15, -0.1) is 0 Å². The number of para-hydroxylation sites is 2. The van der Waals surface area contributed by atoms with Crippen molar-refractivity contribution < 1.29 is 24.2 Å². The van der Waals surface area contributed by atoms with Crippen LogP contribution in [0.1, 0.15) is 5.69 Å². The highest BCUT2D eigenvalue weighted by atomic mass is 16.5. The van der Waals surface area contributed by atoms with E-state index < -0.39 is 24.4 Å². The quantitative estimate of drug-likeness (QED) is 0.410. The molecule has 4 rings (SSSR count). The summed E-state index contributed by atoms with van der Waals surface area (Å²) in [6, 6.07) is 16.3.